The molecule has 0 bridgehead atoms. The van der Waals surface area contributed by atoms with Crippen LogP contribution in [0.5, 0.6) is 0 Å². The lowest BCUT2D eigenvalue weighted by Crippen LogP contribution is -2.19. The van der Waals surface area contributed by atoms with Gasteiger partial charge in [0.05, 0.1) is 5.75 Å². The molecule has 3 N–H and O–H groups in total. The van der Waals surface area contributed by atoms with Crippen LogP contribution in [0, 0.1) is 0 Å². The molecule has 3 aromatic carbocycles. The van der Waals surface area contributed by atoms with E-state index in [0.717, 1.165) is 16.8 Å². The number of carbonyl (C=O) groups excluding carboxylic acids is 2. The quantitative estimate of drug-likeness (QED) is 0.300. The van der Waals surface area contributed by atoms with Gasteiger partial charge >= 0.3 is 6.03 Å². The van der Waals surface area contributed by atoms with Crippen molar-refractivity contribution in [1.82, 2.24) is 4.98 Å². The van der Waals surface area contributed by atoms with Crippen LogP contribution in [0.25, 0.3) is 22.6 Å². The van der Waals surface area contributed by atoms with E-state index in [-0.39, 0.29) is 11.5 Å². The van der Waals surface area contributed by atoms with E-state index in [1.54, 1.807) is 24.3 Å². The number of urea groups is 1. The molecule has 0 aliphatic rings. The Morgan fingerprint density at radius 3 is 2.10 bits per heavy atom. The number of rotatable bonds is 7. The van der Waals surface area contributed by atoms with Crippen molar-refractivity contribution >= 4 is 29.3 Å². The predicted molar refractivity (Wildman–Crippen MR) is 122 cm³/mol. The van der Waals surface area contributed by atoms with E-state index >= 15 is 0 Å². The Hall–Kier alpha value is -3.84. The van der Waals surface area contributed by atoms with Crippen LogP contribution in [0.2, 0.25) is 0 Å². The number of oxazole rings is 1. The number of Topliss-reactive ketones (excluding diaryl/α,β-unsaturated/α-hetero) is 1. The van der Waals surface area contributed by atoms with Crippen LogP contribution in [0.15, 0.2) is 94.6 Å². The van der Waals surface area contributed by atoms with Crippen molar-refractivity contribution in [3.8, 4) is 22.6 Å². The van der Waals surface area contributed by atoms with Gasteiger partial charge in [0.2, 0.25) is 0 Å². The summed E-state index contributed by atoms with van der Waals surface area (Å²) in [6.07, 6.45) is 0. The zero-order chi connectivity index (χ0) is 21.6. The Bertz CT molecular complexity index is 1130. The number of ketones is 1. The molecule has 0 atom stereocenters. The Kier molecular flexibility index (Phi) is 6.14. The van der Waals surface area contributed by atoms with E-state index in [1.165, 1.54) is 11.8 Å². The van der Waals surface area contributed by atoms with Crippen molar-refractivity contribution in [2.24, 2.45) is 5.73 Å². The fraction of sp³-hybridized carbons (Fsp3) is 0.0417. The number of carbonyl (C=O) groups is 2. The number of hydrogen-bond acceptors (Lipinski definition) is 5. The average molecular weight is 430 g/mol. The van der Waals surface area contributed by atoms with Gasteiger partial charge in [-0.1, -0.05) is 72.4 Å². The SMILES string of the molecule is NC(=O)Nc1ccc(C(=O)CSc2nc(-c3ccccc3)c(-c3ccccc3)o2)cc1. The summed E-state index contributed by atoms with van der Waals surface area (Å²) >= 11 is 1.25. The largest absolute Gasteiger partial charge is 0.431 e. The summed E-state index contributed by atoms with van der Waals surface area (Å²) in [7, 11) is 0. The van der Waals surface area contributed by atoms with E-state index in [0.29, 0.717) is 22.2 Å². The molecule has 31 heavy (non-hydrogen) atoms. The number of amides is 2. The monoisotopic (exact) mass is 429 g/mol. The first-order chi connectivity index (χ1) is 15.1. The number of aromatic nitrogens is 1. The highest BCUT2D eigenvalue weighted by Crippen LogP contribution is 2.35. The average Bonchev–Trinajstić information content (AvgIpc) is 3.23. The third kappa shape index (κ3) is 5.02. The molecule has 7 heteroatoms. The first-order valence-electron chi connectivity index (χ1n) is 9.54. The molecule has 1 aromatic heterocycles. The molecule has 0 aliphatic heterocycles. The molecule has 0 saturated carbocycles. The third-order valence-corrected chi connectivity index (χ3v) is 5.32. The van der Waals surface area contributed by atoms with Gasteiger partial charge < -0.3 is 15.5 Å². The Labute approximate surface area is 183 Å². The maximum absolute atomic E-state index is 12.6. The normalized spacial score (nSPS) is 10.6. The van der Waals surface area contributed by atoms with Gasteiger partial charge in [0, 0.05) is 22.4 Å². The first-order valence-corrected chi connectivity index (χ1v) is 10.5. The second-order valence-corrected chi connectivity index (χ2v) is 7.59. The fourth-order valence-corrected chi connectivity index (χ4v) is 3.75. The van der Waals surface area contributed by atoms with Crippen molar-refractivity contribution in [3.63, 3.8) is 0 Å². The number of nitrogens with two attached hydrogens (primary N) is 1. The summed E-state index contributed by atoms with van der Waals surface area (Å²) in [4.78, 5) is 28.1. The van der Waals surface area contributed by atoms with E-state index < -0.39 is 6.03 Å². The highest BCUT2D eigenvalue weighted by molar-refractivity contribution is 7.99. The van der Waals surface area contributed by atoms with Gasteiger partial charge in [0.25, 0.3) is 5.22 Å². The lowest BCUT2D eigenvalue weighted by molar-refractivity contribution is 0.102. The van der Waals surface area contributed by atoms with Crippen LogP contribution in [-0.4, -0.2) is 22.6 Å². The van der Waals surface area contributed by atoms with Gasteiger partial charge in [0.15, 0.2) is 11.5 Å². The molecular formula is C24H19N3O3S. The Balaban J connectivity index is 1.53. The van der Waals surface area contributed by atoms with Crippen LogP contribution >= 0.6 is 11.8 Å². The molecule has 1 heterocycles. The lowest BCUT2D eigenvalue weighted by atomic mass is 10.1. The number of hydrogen-bond donors (Lipinski definition) is 2. The van der Waals surface area contributed by atoms with Crippen LogP contribution in [0.3, 0.4) is 0 Å². The third-order valence-electron chi connectivity index (χ3n) is 4.49. The molecule has 0 saturated heterocycles. The van der Waals surface area contributed by atoms with Gasteiger partial charge in [-0.05, 0) is 24.3 Å². The van der Waals surface area contributed by atoms with Crippen molar-refractivity contribution in [2.45, 2.75) is 5.22 Å². The number of thioether (sulfide) groups is 1. The number of nitrogens with one attached hydrogen (secondary N) is 1. The predicted octanol–water partition coefficient (Wildman–Crippen LogP) is 5.47. The van der Waals surface area contributed by atoms with E-state index in [2.05, 4.69) is 10.3 Å². The Morgan fingerprint density at radius 1 is 0.871 bits per heavy atom. The molecule has 2 amide bonds. The number of primary amides is 1. The van der Waals surface area contributed by atoms with Gasteiger partial charge in [-0.25, -0.2) is 9.78 Å². The molecule has 154 valence electrons. The number of benzene rings is 3. The van der Waals surface area contributed by atoms with Gasteiger partial charge in [-0.2, -0.15) is 0 Å². The van der Waals surface area contributed by atoms with Gasteiger partial charge in [-0.15, -0.1) is 0 Å². The summed E-state index contributed by atoms with van der Waals surface area (Å²) in [6, 6.07) is 25.5. The maximum atomic E-state index is 12.6. The van der Waals surface area contributed by atoms with Crippen LogP contribution < -0.4 is 11.1 Å². The van der Waals surface area contributed by atoms with Crippen LogP contribution in [0.4, 0.5) is 10.5 Å². The van der Waals surface area contributed by atoms with E-state index in [9.17, 15) is 9.59 Å². The van der Waals surface area contributed by atoms with Crippen molar-refractivity contribution < 1.29 is 14.0 Å². The molecule has 4 rings (SSSR count). The highest BCUT2D eigenvalue weighted by Gasteiger charge is 2.18. The summed E-state index contributed by atoms with van der Waals surface area (Å²) in [5, 5.41) is 2.89. The standard InChI is InChI=1S/C24H19N3O3S/c25-23(29)26-19-13-11-16(12-14-19)20(28)15-31-24-27-21(17-7-3-1-4-8-17)22(30-24)18-9-5-2-6-10-18/h1-14H,15H2,(H3,25,26,29). The van der Waals surface area contributed by atoms with Crippen LogP contribution in [-0.2, 0) is 0 Å². The minimum Gasteiger partial charge on any atom is -0.431 e. The zero-order valence-corrected chi connectivity index (χ0v) is 17.3. The molecular weight excluding hydrogens is 410 g/mol. The van der Waals surface area contributed by atoms with Crippen molar-refractivity contribution in [2.75, 3.05) is 11.1 Å². The van der Waals surface area contributed by atoms with Gasteiger partial charge in [-0.3, -0.25) is 4.79 Å². The van der Waals surface area contributed by atoms with E-state index in [4.69, 9.17) is 10.2 Å². The smallest absolute Gasteiger partial charge is 0.316 e. The molecule has 6 nitrogen and oxygen atoms in total. The van der Waals surface area contributed by atoms with E-state index in [1.807, 2.05) is 60.7 Å². The Morgan fingerprint density at radius 2 is 1.48 bits per heavy atom. The maximum Gasteiger partial charge on any atom is 0.316 e. The topological polar surface area (TPSA) is 98.2 Å². The summed E-state index contributed by atoms with van der Waals surface area (Å²) in [6.45, 7) is 0. The zero-order valence-electron chi connectivity index (χ0n) is 16.4. The number of anilines is 1. The second-order valence-electron chi connectivity index (χ2n) is 6.67. The van der Waals surface area contributed by atoms with Crippen molar-refractivity contribution in [3.05, 3.63) is 90.5 Å². The second kappa shape index (κ2) is 9.32. The highest BCUT2D eigenvalue weighted by atomic mass is 32.2. The summed E-state index contributed by atoms with van der Waals surface area (Å²) < 4.78 is 6.04. The van der Waals surface area contributed by atoms with Crippen molar-refractivity contribution in [1.29, 1.82) is 0 Å². The molecule has 0 radical (unpaired) electrons. The van der Waals surface area contributed by atoms with Crippen LogP contribution in [0.1, 0.15) is 10.4 Å². The minimum atomic E-state index is -0.651. The number of nitrogens with zero attached hydrogens (tertiary/aromatic N) is 1. The first kappa shape index (κ1) is 20.4. The molecule has 0 fully saturated rings. The van der Waals surface area contributed by atoms with Gasteiger partial charge in [0.1, 0.15) is 5.69 Å². The molecule has 0 aliphatic carbocycles. The molecule has 4 aromatic rings. The molecule has 0 unspecified atom stereocenters. The molecule has 0 spiro atoms. The minimum absolute atomic E-state index is 0.0728. The lowest BCUT2D eigenvalue weighted by Gasteiger charge is -2.03. The fourth-order valence-electron chi connectivity index (χ4n) is 3.03. The summed E-state index contributed by atoms with van der Waals surface area (Å²) in [5.74, 6) is 0.769. The summed E-state index contributed by atoms with van der Waals surface area (Å²) in [5.41, 5.74) is 8.76.